The molecule has 0 radical (unpaired) electrons. The molecule has 3 unspecified atom stereocenters. The molecule has 1 aromatic carbocycles. The van der Waals surface area contributed by atoms with Gasteiger partial charge in [-0.3, -0.25) is 14.6 Å². The van der Waals surface area contributed by atoms with E-state index in [2.05, 4.69) is 49.8 Å². The molecule has 1 aromatic heterocycles. The Morgan fingerprint density at radius 3 is 2.76 bits per heavy atom. The molecule has 5 heterocycles. The molecular weight excluding hydrogens is 532 g/mol. The molecule has 1 spiro atoms. The molecule has 216 valence electrons. The summed E-state index contributed by atoms with van der Waals surface area (Å²) in [6.07, 6.45) is 4.95. The van der Waals surface area contributed by atoms with Gasteiger partial charge in [0.05, 0.1) is 24.4 Å². The monoisotopic (exact) mass is 564 g/mol. The van der Waals surface area contributed by atoms with Crippen LogP contribution in [0, 0.1) is 0 Å². The Kier molecular flexibility index (Phi) is 6.04. The summed E-state index contributed by atoms with van der Waals surface area (Å²) in [5.74, 6) is -3.30. The second kappa shape index (κ2) is 9.27. The summed E-state index contributed by atoms with van der Waals surface area (Å²) in [6, 6.07) is 2.29. The molecule has 15 nitrogen and oxygen atoms in total. The molecule has 1 fully saturated rings. The third-order valence-corrected chi connectivity index (χ3v) is 8.34. The number of amides is 2. The standard InChI is InChI=1S/C26H32N10O5/c1-24(2)6-9-41-18-13(4-3-5-14(18)24)20(37)33-17-12-36-23(28)32-15(11-31-21(38)16-10-29-7-8-30-16)19-25(36,26(17,39)40)35-22(27)34-19/h3-5,7-8,10,15,17,19,39-40H,6,9,11-12H2,1-2H3,(H2,28,32)(H,31,38)(H,33,37)(H3,27,34,35)/t15?,17?,19-,25?/m0/s1. The number of ether oxygens (including phenoxy) is 1. The SMILES string of the molecule is CC1(C)CCOc2c(C(=O)NC3CN4C(N)=NC(CNC(=O)c5cnccn5)[C@@H]5N=C(N)NC54C3(O)O)cccc21. The Bertz CT molecular complexity index is 1460. The van der Waals surface area contributed by atoms with E-state index in [1.807, 2.05) is 6.07 Å². The highest BCUT2D eigenvalue weighted by Crippen LogP contribution is 2.45. The average Bonchev–Trinajstić information content (AvgIpc) is 3.41. The summed E-state index contributed by atoms with van der Waals surface area (Å²) in [6.45, 7) is 4.45. The van der Waals surface area contributed by atoms with Crippen LogP contribution in [0.25, 0.3) is 0 Å². The quantitative estimate of drug-likeness (QED) is 0.192. The van der Waals surface area contributed by atoms with Crippen LogP contribution in [-0.4, -0.2) is 98.1 Å². The molecule has 2 aromatic rings. The van der Waals surface area contributed by atoms with Crippen molar-refractivity contribution in [1.29, 1.82) is 0 Å². The van der Waals surface area contributed by atoms with Crippen molar-refractivity contribution in [1.82, 2.24) is 30.8 Å². The van der Waals surface area contributed by atoms with Gasteiger partial charge >= 0.3 is 0 Å². The molecule has 6 rings (SSSR count). The maximum absolute atomic E-state index is 13.6. The minimum Gasteiger partial charge on any atom is -0.492 e. The first-order valence-corrected chi connectivity index (χ1v) is 13.2. The number of benzene rings is 1. The Balaban J connectivity index is 1.27. The van der Waals surface area contributed by atoms with Gasteiger partial charge in [-0.2, -0.15) is 0 Å². The van der Waals surface area contributed by atoms with E-state index in [-0.39, 0.29) is 41.7 Å². The van der Waals surface area contributed by atoms with Gasteiger partial charge < -0.3 is 47.3 Å². The number of guanidine groups is 2. The molecule has 15 heteroatoms. The van der Waals surface area contributed by atoms with E-state index in [0.717, 1.165) is 12.0 Å². The Labute approximate surface area is 235 Å². The van der Waals surface area contributed by atoms with Crippen molar-refractivity contribution in [3.8, 4) is 5.75 Å². The third-order valence-electron chi connectivity index (χ3n) is 8.34. The number of para-hydroxylation sites is 1. The van der Waals surface area contributed by atoms with Crippen LogP contribution in [0.5, 0.6) is 5.75 Å². The van der Waals surface area contributed by atoms with Crippen molar-refractivity contribution in [2.24, 2.45) is 21.5 Å². The van der Waals surface area contributed by atoms with Crippen LogP contribution in [0.3, 0.4) is 0 Å². The lowest BCUT2D eigenvalue weighted by atomic mass is 9.79. The minimum atomic E-state index is -2.62. The largest absolute Gasteiger partial charge is 0.492 e. The van der Waals surface area contributed by atoms with E-state index < -0.39 is 41.4 Å². The van der Waals surface area contributed by atoms with Crippen molar-refractivity contribution in [3.05, 3.63) is 53.6 Å². The topological polar surface area (TPSA) is 226 Å². The van der Waals surface area contributed by atoms with Crippen molar-refractivity contribution in [2.75, 3.05) is 19.7 Å². The lowest BCUT2D eigenvalue weighted by Crippen LogP contribution is -2.78. The van der Waals surface area contributed by atoms with E-state index in [1.165, 1.54) is 23.5 Å². The first kappa shape index (κ1) is 26.7. The number of aliphatic hydroxyl groups is 2. The van der Waals surface area contributed by atoms with Crippen LogP contribution >= 0.6 is 0 Å². The number of carbonyl (C=O) groups is 2. The highest BCUT2D eigenvalue weighted by molar-refractivity contribution is 5.98. The summed E-state index contributed by atoms with van der Waals surface area (Å²) in [7, 11) is 0. The average molecular weight is 565 g/mol. The fourth-order valence-electron chi connectivity index (χ4n) is 6.14. The van der Waals surface area contributed by atoms with Crippen molar-refractivity contribution in [2.45, 2.75) is 55.3 Å². The predicted molar refractivity (Wildman–Crippen MR) is 146 cm³/mol. The number of nitrogens with one attached hydrogen (secondary N) is 3. The van der Waals surface area contributed by atoms with Gasteiger partial charge in [-0.05, 0) is 17.9 Å². The molecule has 1 saturated heterocycles. The van der Waals surface area contributed by atoms with Gasteiger partial charge in [-0.25, -0.2) is 15.0 Å². The number of nitrogens with zero attached hydrogens (tertiary/aromatic N) is 5. The van der Waals surface area contributed by atoms with E-state index >= 15 is 0 Å². The van der Waals surface area contributed by atoms with Crippen LogP contribution < -0.4 is 32.2 Å². The minimum absolute atomic E-state index is 0.0381. The molecule has 4 aliphatic heterocycles. The molecule has 4 aliphatic rings. The van der Waals surface area contributed by atoms with Gasteiger partial charge in [0, 0.05) is 31.0 Å². The molecule has 41 heavy (non-hydrogen) atoms. The van der Waals surface area contributed by atoms with Crippen LogP contribution in [0.2, 0.25) is 0 Å². The zero-order valence-electron chi connectivity index (χ0n) is 22.5. The van der Waals surface area contributed by atoms with Crippen LogP contribution in [0.4, 0.5) is 0 Å². The number of aliphatic imine (C=N–C) groups is 2. The second-order valence-electron chi connectivity index (χ2n) is 11.2. The van der Waals surface area contributed by atoms with E-state index in [4.69, 9.17) is 16.2 Å². The number of rotatable bonds is 5. The smallest absolute Gasteiger partial charge is 0.271 e. The molecule has 0 saturated carbocycles. The summed E-state index contributed by atoms with van der Waals surface area (Å²) in [4.78, 5) is 44.3. The summed E-state index contributed by atoms with van der Waals surface area (Å²) in [5.41, 5.74) is 11.7. The van der Waals surface area contributed by atoms with Crippen LogP contribution in [0.15, 0.2) is 46.8 Å². The first-order valence-electron chi connectivity index (χ1n) is 13.2. The van der Waals surface area contributed by atoms with Gasteiger partial charge in [-0.1, -0.05) is 26.0 Å². The number of nitrogens with two attached hydrogens (primary N) is 2. The van der Waals surface area contributed by atoms with E-state index in [1.54, 1.807) is 12.1 Å². The Morgan fingerprint density at radius 2 is 2.00 bits per heavy atom. The van der Waals surface area contributed by atoms with Crippen LogP contribution in [-0.2, 0) is 5.41 Å². The van der Waals surface area contributed by atoms with Gasteiger partial charge in [0.2, 0.25) is 5.79 Å². The fraction of sp³-hybridized carbons (Fsp3) is 0.462. The molecular formula is C26H32N10O5. The molecule has 4 atom stereocenters. The molecule has 0 bridgehead atoms. The molecule has 0 aliphatic carbocycles. The van der Waals surface area contributed by atoms with Crippen molar-refractivity contribution in [3.63, 3.8) is 0 Å². The zero-order valence-corrected chi connectivity index (χ0v) is 22.5. The highest BCUT2D eigenvalue weighted by atomic mass is 16.5. The number of hydrogen-bond acceptors (Lipinski definition) is 13. The Morgan fingerprint density at radius 1 is 1.20 bits per heavy atom. The number of fused-ring (bicyclic) bond motifs is 1. The Hall–Kier alpha value is -4.50. The maximum Gasteiger partial charge on any atom is 0.271 e. The highest BCUT2D eigenvalue weighted by Gasteiger charge is 2.73. The molecule has 9 N–H and O–H groups in total. The number of carbonyl (C=O) groups excluding carboxylic acids is 2. The summed E-state index contributed by atoms with van der Waals surface area (Å²) >= 11 is 0. The number of aromatic nitrogens is 2. The predicted octanol–water partition coefficient (Wildman–Crippen LogP) is -2.26. The van der Waals surface area contributed by atoms with E-state index in [0.29, 0.717) is 12.4 Å². The molecule has 2 amide bonds. The second-order valence-corrected chi connectivity index (χ2v) is 11.2. The van der Waals surface area contributed by atoms with Gasteiger partial charge in [-0.15, -0.1) is 0 Å². The zero-order chi connectivity index (χ0) is 29.2. The normalized spacial score (nSPS) is 28.6. The maximum atomic E-state index is 13.6. The van der Waals surface area contributed by atoms with Crippen molar-refractivity contribution >= 4 is 23.7 Å². The van der Waals surface area contributed by atoms with Crippen molar-refractivity contribution < 1.29 is 24.5 Å². The summed E-state index contributed by atoms with van der Waals surface area (Å²) < 4.78 is 5.89. The lowest BCUT2D eigenvalue weighted by molar-refractivity contribution is -0.230. The fourth-order valence-corrected chi connectivity index (χ4v) is 6.14. The van der Waals surface area contributed by atoms with E-state index in [9.17, 15) is 19.8 Å². The van der Waals surface area contributed by atoms with Gasteiger partial charge in [0.15, 0.2) is 17.6 Å². The van der Waals surface area contributed by atoms with Gasteiger partial charge in [0.1, 0.15) is 23.5 Å². The van der Waals surface area contributed by atoms with Gasteiger partial charge in [0.25, 0.3) is 11.8 Å². The lowest BCUT2D eigenvalue weighted by Gasteiger charge is -2.49. The van der Waals surface area contributed by atoms with Crippen LogP contribution in [0.1, 0.15) is 46.7 Å². The first-order chi connectivity index (χ1) is 19.5. The third kappa shape index (κ3) is 4.02. The summed E-state index contributed by atoms with van der Waals surface area (Å²) in [5, 5.41) is 31.8. The number of hydrogen-bond donors (Lipinski definition) is 7.